The van der Waals surface area contributed by atoms with Gasteiger partial charge in [-0.1, -0.05) is 0 Å². The van der Waals surface area contributed by atoms with Crippen LogP contribution >= 0.6 is 15.6 Å². The average molecular weight is 404 g/mol. The van der Waals surface area contributed by atoms with E-state index >= 15 is 0 Å². The van der Waals surface area contributed by atoms with Crippen LogP contribution in [0.15, 0.2) is 0 Å². The molecule has 0 aromatic heterocycles. The van der Waals surface area contributed by atoms with Crippen LogP contribution in [0.5, 0.6) is 0 Å². The molecular weight excluding hydrogens is 381 g/mol. The van der Waals surface area contributed by atoms with Crippen LogP contribution in [-0.4, -0.2) is 77.4 Å². The van der Waals surface area contributed by atoms with Crippen molar-refractivity contribution in [2.75, 3.05) is 13.2 Å². The Hall–Kier alpha value is 0.165. The largest absolute Gasteiger partial charge is 0.472 e. The van der Waals surface area contributed by atoms with Crippen LogP contribution in [0.25, 0.3) is 0 Å². The lowest BCUT2D eigenvalue weighted by atomic mass is 9.96. The Balaban J connectivity index is 1.86. The first-order valence-corrected chi connectivity index (χ1v) is 10.8. The molecule has 2 fully saturated rings. The first-order valence-electron chi connectivity index (χ1n) is 7.80. The highest BCUT2D eigenvalue weighted by molar-refractivity contribution is 7.47. The van der Waals surface area contributed by atoms with E-state index in [4.69, 9.17) is 28.3 Å². The van der Waals surface area contributed by atoms with Gasteiger partial charge in [0.15, 0.2) is 0 Å². The minimum atomic E-state index is -4.70. The van der Waals surface area contributed by atoms with E-state index in [2.05, 4.69) is 4.52 Å². The zero-order valence-electron chi connectivity index (χ0n) is 13.8. The van der Waals surface area contributed by atoms with E-state index in [1.165, 1.54) is 0 Å². The molecule has 11 nitrogen and oxygen atoms in total. The predicted octanol–water partition coefficient (Wildman–Crippen LogP) is -1.12. The summed E-state index contributed by atoms with van der Waals surface area (Å²) in [5.74, 6) is 0. The normalized spacial score (nSPS) is 38.8. The van der Waals surface area contributed by atoms with E-state index in [9.17, 15) is 19.1 Å². The van der Waals surface area contributed by atoms with Crippen LogP contribution in [0.3, 0.4) is 0 Å². The maximum Gasteiger partial charge on any atom is 0.472 e. The monoisotopic (exact) mass is 404 g/mol. The van der Waals surface area contributed by atoms with Gasteiger partial charge in [0.25, 0.3) is 0 Å². The fourth-order valence-electron chi connectivity index (χ4n) is 2.80. The zero-order chi connectivity index (χ0) is 18.8. The first kappa shape index (κ1) is 21.5. The van der Waals surface area contributed by atoms with Crippen molar-refractivity contribution < 1.29 is 52.0 Å². The van der Waals surface area contributed by atoms with Gasteiger partial charge in [-0.15, -0.1) is 0 Å². The van der Waals surface area contributed by atoms with Crippen molar-refractivity contribution in [2.45, 2.75) is 56.3 Å². The summed E-state index contributed by atoms with van der Waals surface area (Å²) in [6.45, 7) is 0.856. The van der Waals surface area contributed by atoms with Crippen molar-refractivity contribution in [1.29, 1.82) is 0 Å². The first-order chi connectivity index (χ1) is 11.5. The van der Waals surface area contributed by atoms with Crippen molar-refractivity contribution in [3.8, 4) is 0 Å². The Labute approximate surface area is 145 Å². The molecule has 7 atom stereocenters. The topological polar surface area (TPSA) is 161 Å². The molecule has 0 radical (unpaired) electrons. The molecule has 25 heavy (non-hydrogen) atoms. The molecule has 0 bridgehead atoms. The zero-order valence-corrected chi connectivity index (χ0v) is 15.6. The molecular formula is C11H23BO11P2. The number of ether oxygens (including phenoxy) is 2. The predicted molar refractivity (Wildman–Crippen MR) is 85.4 cm³/mol. The highest BCUT2D eigenvalue weighted by atomic mass is 31.2. The molecule has 0 aliphatic carbocycles. The third kappa shape index (κ3) is 7.01. The maximum absolute atomic E-state index is 12.1. The number of phosphoric acid groups is 2. The van der Waals surface area contributed by atoms with Crippen molar-refractivity contribution >= 4 is 23.5 Å². The molecule has 2 aliphatic heterocycles. The molecule has 2 saturated heterocycles. The molecule has 0 aromatic rings. The summed E-state index contributed by atoms with van der Waals surface area (Å²) in [5, 5.41) is 9.74. The van der Waals surface area contributed by atoms with Gasteiger partial charge in [-0.2, -0.15) is 0 Å². The van der Waals surface area contributed by atoms with Gasteiger partial charge < -0.3 is 29.3 Å². The van der Waals surface area contributed by atoms with Crippen molar-refractivity contribution in [3.63, 3.8) is 0 Å². The Morgan fingerprint density at radius 1 is 1.08 bits per heavy atom. The van der Waals surface area contributed by atoms with Crippen LogP contribution in [0.2, 0.25) is 0 Å². The molecule has 2 heterocycles. The fraction of sp³-hybridized carbons (Fsp3) is 1.00. The Morgan fingerprint density at radius 2 is 1.72 bits per heavy atom. The number of rotatable bonds is 8. The molecule has 3 unspecified atom stereocenters. The lowest BCUT2D eigenvalue weighted by molar-refractivity contribution is -0.0298. The third-order valence-electron chi connectivity index (χ3n) is 3.87. The van der Waals surface area contributed by atoms with Gasteiger partial charge in [0.1, 0.15) is 26.2 Å². The summed E-state index contributed by atoms with van der Waals surface area (Å²) in [7, 11) is -7.42. The van der Waals surface area contributed by atoms with Crippen molar-refractivity contribution in [2.24, 2.45) is 0 Å². The summed E-state index contributed by atoms with van der Waals surface area (Å²) in [4.78, 5) is 27.3. The molecule has 4 N–H and O–H groups in total. The Bertz CT molecular complexity index is 542. The third-order valence-corrected chi connectivity index (χ3v) is 5.37. The highest BCUT2D eigenvalue weighted by Gasteiger charge is 2.41. The number of hydrogen-bond acceptors (Lipinski definition) is 8. The van der Waals surface area contributed by atoms with Crippen LogP contribution in [0, 0.1) is 0 Å². The van der Waals surface area contributed by atoms with Gasteiger partial charge in [0.2, 0.25) is 0 Å². The number of phosphoric ester groups is 2. The molecule has 0 amide bonds. The summed E-state index contributed by atoms with van der Waals surface area (Å²) in [6.07, 6.45) is -3.12. The van der Waals surface area contributed by atoms with E-state index in [1.807, 2.05) is 0 Å². The number of aliphatic hydroxyl groups is 1. The van der Waals surface area contributed by atoms with Crippen LogP contribution < -0.4 is 0 Å². The summed E-state index contributed by atoms with van der Waals surface area (Å²) < 4.78 is 47.9. The van der Waals surface area contributed by atoms with Crippen molar-refractivity contribution in [3.05, 3.63) is 0 Å². The second kappa shape index (κ2) is 8.45. The van der Waals surface area contributed by atoms with E-state index in [0.717, 1.165) is 0 Å². The van der Waals surface area contributed by atoms with Crippen LogP contribution in [0.1, 0.15) is 19.8 Å². The lowest BCUT2D eigenvalue weighted by Crippen LogP contribution is -2.30. The maximum atomic E-state index is 12.1. The van der Waals surface area contributed by atoms with E-state index < -0.39 is 46.7 Å². The smallest absolute Gasteiger partial charge is 0.390 e. The van der Waals surface area contributed by atoms with Crippen LogP contribution in [0.4, 0.5) is 0 Å². The molecule has 0 aromatic carbocycles. The summed E-state index contributed by atoms with van der Waals surface area (Å²) >= 11 is 0. The van der Waals surface area contributed by atoms with E-state index in [0.29, 0.717) is 6.42 Å². The fourth-order valence-corrected chi connectivity index (χ4v) is 4.11. The Morgan fingerprint density at radius 3 is 2.28 bits per heavy atom. The lowest BCUT2D eigenvalue weighted by Gasteiger charge is -2.22. The van der Waals surface area contributed by atoms with Gasteiger partial charge in [0, 0.05) is 12.4 Å². The number of hydrogen-bond donors (Lipinski definition) is 4. The summed E-state index contributed by atoms with van der Waals surface area (Å²) in [5.41, 5.74) is 0. The van der Waals surface area contributed by atoms with E-state index in [-0.39, 0.29) is 25.1 Å². The Kier molecular flexibility index (Phi) is 7.26. The second-order valence-electron chi connectivity index (χ2n) is 6.20. The molecule has 146 valence electrons. The second-order valence-corrected chi connectivity index (χ2v) is 8.85. The standard InChI is InChI=1S/C11H23BO11P2/c1-6-2-8(10(21-6)5-19-24(14,15)16)23-25(17,18)20-4-9-7(13)3-11(12)22-9/h6-11,13H,2-5,12H2,1H3,(H,17,18)(H2,14,15,16)/t6-,7?,8?,9+,10+,11+/m0/s1. The van der Waals surface area contributed by atoms with Gasteiger partial charge in [0.05, 0.1) is 25.4 Å². The molecule has 0 spiro atoms. The van der Waals surface area contributed by atoms with Crippen LogP contribution in [-0.2, 0) is 32.2 Å². The summed E-state index contributed by atoms with van der Waals surface area (Å²) in [6, 6.07) is -0.180. The molecule has 2 rings (SSSR count). The van der Waals surface area contributed by atoms with Gasteiger partial charge in [-0.05, 0) is 13.3 Å². The minimum absolute atomic E-state index is 0.180. The minimum Gasteiger partial charge on any atom is -0.390 e. The number of aliphatic hydroxyl groups excluding tert-OH is 1. The van der Waals surface area contributed by atoms with Crippen molar-refractivity contribution in [1.82, 2.24) is 0 Å². The van der Waals surface area contributed by atoms with Gasteiger partial charge >= 0.3 is 15.6 Å². The highest BCUT2D eigenvalue weighted by Crippen LogP contribution is 2.48. The van der Waals surface area contributed by atoms with E-state index in [1.54, 1.807) is 14.8 Å². The quantitative estimate of drug-likeness (QED) is 0.287. The molecule has 0 saturated carbocycles. The van der Waals surface area contributed by atoms with Gasteiger partial charge in [-0.25, -0.2) is 9.13 Å². The molecule has 2 aliphatic rings. The SMILES string of the molecule is B[C@H]1CC(O)[C@@H](COP(=O)(O)OC2C[C@H](C)O[C@@H]2COP(=O)(O)O)O1. The molecule has 14 heteroatoms. The average Bonchev–Trinajstić information content (AvgIpc) is 2.95. The van der Waals surface area contributed by atoms with Gasteiger partial charge in [-0.3, -0.25) is 13.6 Å².